The van der Waals surface area contributed by atoms with Gasteiger partial charge in [0.2, 0.25) is 0 Å². The highest BCUT2D eigenvalue weighted by atomic mass is 32.2. The number of aryl methyl sites for hydroxylation is 2. The van der Waals surface area contributed by atoms with E-state index in [-0.39, 0.29) is 0 Å². The molecule has 0 amide bonds. The van der Waals surface area contributed by atoms with Crippen molar-refractivity contribution in [1.82, 2.24) is 0 Å². The van der Waals surface area contributed by atoms with Gasteiger partial charge in [0, 0.05) is 0 Å². The average Bonchev–Trinajstić information content (AvgIpc) is 2.40. The van der Waals surface area contributed by atoms with Gasteiger partial charge in [-0.2, -0.15) is 0 Å². The Hall–Kier alpha value is -1.95. The van der Waals surface area contributed by atoms with E-state index in [0.29, 0.717) is 17.7 Å². The predicted octanol–water partition coefficient (Wildman–Crippen LogP) is 3.64. The molecule has 0 heterocycles. The lowest BCUT2D eigenvalue weighted by atomic mass is 10.1. The molecular weight excluding hydrogens is 296 g/mol. The first-order chi connectivity index (χ1) is 9.86. The van der Waals surface area contributed by atoms with E-state index in [1.54, 1.807) is 25.1 Å². The van der Waals surface area contributed by atoms with Crippen LogP contribution in [0.3, 0.4) is 0 Å². The summed E-state index contributed by atoms with van der Waals surface area (Å²) in [6.45, 7) is 3.60. The topological polar surface area (TPSA) is 46.2 Å². The van der Waals surface area contributed by atoms with E-state index in [1.807, 2.05) is 6.92 Å². The zero-order valence-electron chi connectivity index (χ0n) is 11.7. The van der Waals surface area contributed by atoms with E-state index in [9.17, 15) is 17.2 Å². The van der Waals surface area contributed by atoms with Gasteiger partial charge in [-0.1, -0.05) is 31.2 Å². The molecule has 0 aliphatic carbocycles. The van der Waals surface area contributed by atoms with Gasteiger partial charge in [0.25, 0.3) is 10.0 Å². The maximum absolute atomic E-state index is 13.7. The zero-order chi connectivity index (χ0) is 15.6. The third-order valence-corrected chi connectivity index (χ3v) is 4.56. The second-order valence-corrected chi connectivity index (χ2v) is 6.24. The summed E-state index contributed by atoms with van der Waals surface area (Å²) in [5, 5.41) is 0. The minimum atomic E-state index is -4.33. The monoisotopic (exact) mass is 311 g/mol. The maximum Gasteiger partial charge on any atom is 0.267 e. The van der Waals surface area contributed by atoms with Crippen molar-refractivity contribution in [3.63, 3.8) is 0 Å². The van der Waals surface area contributed by atoms with Gasteiger partial charge in [0.15, 0.2) is 4.90 Å². The molecule has 0 unspecified atom stereocenters. The van der Waals surface area contributed by atoms with Crippen LogP contribution in [0.1, 0.15) is 18.1 Å². The zero-order valence-corrected chi connectivity index (χ0v) is 12.5. The van der Waals surface area contributed by atoms with Gasteiger partial charge in [-0.3, -0.25) is 4.72 Å². The molecule has 0 aliphatic heterocycles. The van der Waals surface area contributed by atoms with Crippen molar-refractivity contribution in [2.45, 2.75) is 25.2 Å². The van der Waals surface area contributed by atoms with Crippen LogP contribution in [0.15, 0.2) is 41.3 Å². The summed E-state index contributed by atoms with van der Waals surface area (Å²) in [7, 11) is -4.33. The number of halogens is 2. The molecule has 0 aliphatic rings. The lowest BCUT2D eigenvalue weighted by Gasteiger charge is -2.15. The first-order valence-corrected chi connectivity index (χ1v) is 7.90. The molecule has 0 spiro atoms. The van der Waals surface area contributed by atoms with E-state index in [1.165, 1.54) is 0 Å². The Morgan fingerprint density at radius 3 is 2.19 bits per heavy atom. The maximum atomic E-state index is 13.7. The fraction of sp³-hybridized carbons (Fsp3) is 0.200. The Morgan fingerprint density at radius 2 is 1.62 bits per heavy atom. The van der Waals surface area contributed by atoms with Gasteiger partial charge >= 0.3 is 0 Å². The van der Waals surface area contributed by atoms with Crippen LogP contribution >= 0.6 is 0 Å². The van der Waals surface area contributed by atoms with E-state index >= 15 is 0 Å². The Labute approximate surface area is 122 Å². The fourth-order valence-electron chi connectivity index (χ4n) is 2.09. The van der Waals surface area contributed by atoms with Crippen LogP contribution in [0.25, 0.3) is 0 Å². The molecule has 0 saturated carbocycles. The second-order valence-electron chi connectivity index (χ2n) is 4.62. The number of benzene rings is 2. The standard InChI is InChI=1S/C15H15F2NO2S/c1-3-11-7-4-6-10(2)14(11)18-21(19,20)15-12(16)8-5-9-13(15)17/h4-9,18H,3H2,1-2H3. The SMILES string of the molecule is CCc1cccc(C)c1NS(=O)(=O)c1c(F)cccc1F. The molecule has 2 aromatic rings. The van der Waals surface area contributed by atoms with Gasteiger partial charge < -0.3 is 0 Å². The molecule has 3 nitrogen and oxygen atoms in total. The van der Waals surface area contributed by atoms with Crippen molar-refractivity contribution in [2.24, 2.45) is 0 Å². The van der Waals surface area contributed by atoms with Crippen molar-refractivity contribution in [3.05, 3.63) is 59.2 Å². The normalized spacial score (nSPS) is 11.4. The van der Waals surface area contributed by atoms with Crippen molar-refractivity contribution >= 4 is 15.7 Å². The number of hydrogen-bond acceptors (Lipinski definition) is 2. The molecular formula is C15H15F2NO2S. The molecule has 0 radical (unpaired) electrons. The molecule has 6 heteroatoms. The smallest absolute Gasteiger partial charge is 0.267 e. The van der Waals surface area contributed by atoms with E-state index in [0.717, 1.165) is 23.8 Å². The van der Waals surface area contributed by atoms with Crippen LogP contribution in [-0.4, -0.2) is 8.42 Å². The Bertz CT molecular complexity index is 753. The summed E-state index contributed by atoms with van der Waals surface area (Å²) in [5.74, 6) is -2.23. The highest BCUT2D eigenvalue weighted by Crippen LogP contribution is 2.26. The van der Waals surface area contributed by atoms with Crippen molar-refractivity contribution in [1.29, 1.82) is 0 Å². The summed E-state index contributed by atoms with van der Waals surface area (Å²) < 4.78 is 54.2. The van der Waals surface area contributed by atoms with Gasteiger partial charge in [-0.25, -0.2) is 17.2 Å². The summed E-state index contributed by atoms with van der Waals surface area (Å²) in [6, 6.07) is 8.24. The number of anilines is 1. The molecule has 21 heavy (non-hydrogen) atoms. The molecule has 0 bridgehead atoms. The molecule has 1 N–H and O–H groups in total. The Balaban J connectivity index is 2.53. The highest BCUT2D eigenvalue weighted by molar-refractivity contribution is 7.92. The van der Waals surface area contributed by atoms with E-state index in [2.05, 4.69) is 4.72 Å². The molecule has 0 aromatic heterocycles. The highest BCUT2D eigenvalue weighted by Gasteiger charge is 2.25. The molecule has 112 valence electrons. The lowest BCUT2D eigenvalue weighted by molar-refractivity contribution is 0.521. The van der Waals surface area contributed by atoms with Crippen molar-refractivity contribution in [3.8, 4) is 0 Å². The Kier molecular flexibility index (Phi) is 4.27. The summed E-state index contributed by atoms with van der Waals surface area (Å²) >= 11 is 0. The lowest BCUT2D eigenvalue weighted by Crippen LogP contribution is -2.18. The molecule has 0 atom stereocenters. The first kappa shape index (κ1) is 15.4. The van der Waals surface area contributed by atoms with Crippen LogP contribution in [0.5, 0.6) is 0 Å². The Morgan fingerprint density at radius 1 is 1.05 bits per heavy atom. The number of sulfonamides is 1. The van der Waals surface area contributed by atoms with Crippen molar-refractivity contribution in [2.75, 3.05) is 4.72 Å². The quantitative estimate of drug-likeness (QED) is 0.937. The number of para-hydroxylation sites is 1. The van der Waals surface area contributed by atoms with E-state index in [4.69, 9.17) is 0 Å². The molecule has 2 aromatic carbocycles. The molecule has 0 saturated heterocycles. The fourth-order valence-corrected chi connectivity index (χ4v) is 3.41. The van der Waals surface area contributed by atoms with Crippen LogP contribution in [0.4, 0.5) is 14.5 Å². The van der Waals surface area contributed by atoms with Crippen LogP contribution in [0, 0.1) is 18.6 Å². The summed E-state index contributed by atoms with van der Waals surface area (Å²) in [5.41, 5.74) is 1.81. The average molecular weight is 311 g/mol. The second kappa shape index (κ2) is 5.81. The largest absolute Gasteiger partial charge is 0.279 e. The first-order valence-electron chi connectivity index (χ1n) is 6.42. The van der Waals surface area contributed by atoms with Crippen LogP contribution in [-0.2, 0) is 16.4 Å². The minimum absolute atomic E-state index is 0.364. The van der Waals surface area contributed by atoms with Crippen LogP contribution in [0.2, 0.25) is 0 Å². The van der Waals surface area contributed by atoms with Gasteiger partial charge in [-0.15, -0.1) is 0 Å². The van der Waals surface area contributed by atoms with Gasteiger partial charge in [0.05, 0.1) is 5.69 Å². The number of nitrogens with one attached hydrogen (secondary N) is 1. The van der Waals surface area contributed by atoms with Crippen LogP contribution < -0.4 is 4.72 Å². The molecule has 2 rings (SSSR count). The third-order valence-electron chi connectivity index (χ3n) is 3.16. The summed E-state index contributed by atoms with van der Waals surface area (Å²) in [6.07, 6.45) is 0.597. The third kappa shape index (κ3) is 3.05. The molecule has 0 fully saturated rings. The van der Waals surface area contributed by atoms with Gasteiger partial charge in [0.1, 0.15) is 11.6 Å². The van der Waals surface area contributed by atoms with Crippen molar-refractivity contribution < 1.29 is 17.2 Å². The van der Waals surface area contributed by atoms with Gasteiger partial charge in [-0.05, 0) is 36.6 Å². The predicted molar refractivity (Wildman–Crippen MR) is 77.7 cm³/mol. The number of rotatable bonds is 4. The minimum Gasteiger partial charge on any atom is -0.279 e. The van der Waals surface area contributed by atoms with E-state index < -0.39 is 26.6 Å². The summed E-state index contributed by atoms with van der Waals surface area (Å²) in [4.78, 5) is -0.963. The number of hydrogen-bond donors (Lipinski definition) is 1.